The smallest absolute Gasteiger partial charge is 0 e. The van der Waals surface area contributed by atoms with Crippen LogP contribution in [0.15, 0.2) is 5.57 Å². The Morgan fingerprint density at radius 2 is 2.38 bits per heavy atom. The zero-order chi connectivity index (χ0) is 4.69. The van der Waals surface area contributed by atoms with Crippen molar-refractivity contribution in [2.75, 3.05) is 0 Å². The Morgan fingerprint density at radius 1 is 1.50 bits per heavy atom. The van der Waals surface area contributed by atoms with Crippen molar-refractivity contribution in [1.82, 2.24) is 0 Å². The van der Waals surface area contributed by atoms with Crippen molar-refractivity contribution in [3.8, 4) is 0 Å². The molecule has 1 saturated carbocycles. The van der Waals surface area contributed by atoms with E-state index in [-0.39, 0.29) is 20.4 Å². The number of allylic oxidation sites excluding steroid dienone is 2. The van der Waals surface area contributed by atoms with Gasteiger partial charge in [-0.15, -0.1) is 0 Å². The SMILES string of the molecule is [C-]1=C2CCC(C1)C2.[Pd]. The van der Waals surface area contributed by atoms with Gasteiger partial charge in [-0.2, -0.15) is 6.42 Å². The van der Waals surface area contributed by atoms with Gasteiger partial charge in [0.15, 0.2) is 0 Å². The van der Waals surface area contributed by atoms with Crippen molar-refractivity contribution in [3.05, 3.63) is 11.6 Å². The first kappa shape index (κ1) is 6.52. The second-order valence-electron chi connectivity index (χ2n) is 2.59. The third-order valence-corrected chi connectivity index (χ3v) is 2.03. The van der Waals surface area contributed by atoms with E-state index in [4.69, 9.17) is 0 Å². The maximum absolute atomic E-state index is 3.37. The topological polar surface area (TPSA) is 0 Å². The van der Waals surface area contributed by atoms with Crippen molar-refractivity contribution in [2.45, 2.75) is 25.7 Å². The van der Waals surface area contributed by atoms with Gasteiger partial charge in [0, 0.05) is 20.4 Å². The molecule has 2 rings (SSSR count). The van der Waals surface area contributed by atoms with Crippen LogP contribution in [0.25, 0.3) is 0 Å². The molecule has 2 bridgehead atoms. The van der Waals surface area contributed by atoms with Crippen molar-refractivity contribution in [1.29, 1.82) is 0 Å². The van der Waals surface area contributed by atoms with Gasteiger partial charge in [-0.25, -0.2) is 0 Å². The molecule has 2 aliphatic carbocycles. The fourth-order valence-corrected chi connectivity index (χ4v) is 1.55. The van der Waals surface area contributed by atoms with Gasteiger partial charge in [0.2, 0.25) is 0 Å². The first-order valence-electron chi connectivity index (χ1n) is 3.04. The second kappa shape index (κ2) is 2.33. The third-order valence-electron chi connectivity index (χ3n) is 2.03. The van der Waals surface area contributed by atoms with Gasteiger partial charge >= 0.3 is 0 Å². The second-order valence-corrected chi connectivity index (χ2v) is 2.59. The average Bonchev–Trinajstić information content (AvgIpc) is 2.22. The fraction of sp³-hybridized carbons (Fsp3) is 0.714. The molecule has 2 aliphatic rings. The van der Waals surface area contributed by atoms with E-state index in [1.54, 1.807) is 5.57 Å². The molecule has 0 aromatic carbocycles. The molecule has 1 heteroatoms. The molecule has 0 heterocycles. The van der Waals surface area contributed by atoms with Crippen LogP contribution in [0.5, 0.6) is 0 Å². The van der Waals surface area contributed by atoms with Crippen LogP contribution in [0.3, 0.4) is 0 Å². The van der Waals surface area contributed by atoms with Crippen molar-refractivity contribution < 1.29 is 20.4 Å². The van der Waals surface area contributed by atoms with Crippen molar-refractivity contribution >= 4 is 0 Å². The van der Waals surface area contributed by atoms with Crippen LogP contribution in [-0.4, -0.2) is 0 Å². The summed E-state index contributed by atoms with van der Waals surface area (Å²) in [7, 11) is 0. The fourth-order valence-electron chi connectivity index (χ4n) is 1.55. The standard InChI is InChI=1S/C7H9.Pd/c1-2-7-4-3-6(1)5-7;/h6H,1-3,5H2;/q-1;. The summed E-state index contributed by atoms with van der Waals surface area (Å²) in [6.45, 7) is 0. The van der Waals surface area contributed by atoms with Crippen LogP contribution in [0, 0.1) is 12.0 Å². The summed E-state index contributed by atoms with van der Waals surface area (Å²) in [5.41, 5.74) is 1.62. The van der Waals surface area contributed by atoms with Gasteiger partial charge in [-0.1, -0.05) is 25.2 Å². The van der Waals surface area contributed by atoms with E-state index < -0.39 is 0 Å². The van der Waals surface area contributed by atoms with Crippen LogP contribution in [-0.2, 0) is 20.4 Å². The summed E-state index contributed by atoms with van der Waals surface area (Å²) in [6, 6.07) is 0. The molecular weight excluding hydrogens is 190 g/mol. The Morgan fingerprint density at radius 3 is 2.50 bits per heavy atom. The summed E-state index contributed by atoms with van der Waals surface area (Å²) >= 11 is 0. The summed E-state index contributed by atoms with van der Waals surface area (Å²) in [6.07, 6.45) is 8.86. The Balaban J connectivity index is 0.000000320. The van der Waals surface area contributed by atoms with Gasteiger partial charge < -0.3 is 6.08 Å². The van der Waals surface area contributed by atoms with Crippen LogP contribution in [0.1, 0.15) is 25.7 Å². The molecule has 0 aliphatic heterocycles. The monoisotopic (exact) mass is 199 g/mol. The van der Waals surface area contributed by atoms with Crippen LogP contribution in [0.4, 0.5) is 0 Å². The molecular formula is C7H9Pd-. The van der Waals surface area contributed by atoms with Gasteiger partial charge in [0.25, 0.3) is 0 Å². The molecule has 48 valence electrons. The Labute approximate surface area is 64.0 Å². The maximum Gasteiger partial charge on any atom is 0 e. The molecule has 0 spiro atoms. The molecule has 0 aromatic rings. The van der Waals surface area contributed by atoms with Gasteiger partial charge in [-0.3, -0.25) is 5.57 Å². The number of hydrogen-bond donors (Lipinski definition) is 0. The normalized spacial score (nSPS) is 32.0. The molecule has 1 fully saturated rings. The van der Waals surface area contributed by atoms with Crippen molar-refractivity contribution in [2.24, 2.45) is 5.92 Å². The minimum absolute atomic E-state index is 0. The maximum atomic E-state index is 3.37. The molecule has 0 saturated heterocycles. The van der Waals surface area contributed by atoms with Crippen LogP contribution in [0.2, 0.25) is 0 Å². The summed E-state index contributed by atoms with van der Waals surface area (Å²) in [4.78, 5) is 0. The average molecular weight is 200 g/mol. The third kappa shape index (κ3) is 0.901. The predicted molar refractivity (Wildman–Crippen MR) is 28.7 cm³/mol. The first-order chi connectivity index (χ1) is 3.45. The van der Waals surface area contributed by atoms with E-state index in [0.29, 0.717) is 0 Å². The summed E-state index contributed by atoms with van der Waals surface area (Å²) in [5.74, 6) is 1.02. The largest absolute Gasteiger partial charge is 0.497 e. The number of fused-ring (bicyclic) bond motifs is 2. The van der Waals surface area contributed by atoms with Gasteiger partial charge in [0.1, 0.15) is 0 Å². The molecule has 0 radical (unpaired) electrons. The molecule has 1 unspecified atom stereocenters. The minimum Gasteiger partial charge on any atom is -0.497 e. The molecule has 0 nitrogen and oxygen atoms in total. The summed E-state index contributed by atoms with van der Waals surface area (Å²) in [5, 5.41) is 0. The quantitative estimate of drug-likeness (QED) is 0.413. The van der Waals surface area contributed by atoms with Crippen LogP contribution >= 0.6 is 0 Å². The Kier molecular flexibility index (Phi) is 1.90. The van der Waals surface area contributed by atoms with E-state index in [9.17, 15) is 0 Å². The Hall–Kier alpha value is 0.402. The van der Waals surface area contributed by atoms with Crippen molar-refractivity contribution in [3.63, 3.8) is 0 Å². The van der Waals surface area contributed by atoms with E-state index in [1.807, 2.05) is 0 Å². The summed E-state index contributed by atoms with van der Waals surface area (Å²) < 4.78 is 0. The predicted octanol–water partition coefficient (Wildman–Crippen LogP) is 1.92. The van der Waals surface area contributed by atoms with Gasteiger partial charge in [0.05, 0.1) is 0 Å². The Bertz CT molecular complexity index is 116. The van der Waals surface area contributed by atoms with Gasteiger partial charge in [-0.05, 0) is 0 Å². The van der Waals surface area contributed by atoms with E-state index >= 15 is 0 Å². The molecule has 0 N–H and O–H groups in total. The number of rotatable bonds is 0. The number of hydrogen-bond acceptors (Lipinski definition) is 0. The van der Waals surface area contributed by atoms with E-state index in [0.717, 1.165) is 5.92 Å². The zero-order valence-corrected chi connectivity index (χ0v) is 6.28. The zero-order valence-electron chi connectivity index (χ0n) is 4.72. The molecule has 1 atom stereocenters. The molecule has 0 amide bonds. The van der Waals surface area contributed by atoms with Crippen LogP contribution < -0.4 is 0 Å². The molecule has 8 heavy (non-hydrogen) atoms. The van der Waals surface area contributed by atoms with E-state index in [1.165, 1.54) is 25.7 Å². The molecule has 0 aromatic heterocycles. The minimum atomic E-state index is 0. The first-order valence-corrected chi connectivity index (χ1v) is 3.04. The van der Waals surface area contributed by atoms with E-state index in [2.05, 4.69) is 6.08 Å².